The third-order valence-electron chi connectivity index (χ3n) is 4.25. The minimum Gasteiger partial charge on any atom is -0.468 e. The van der Waals surface area contributed by atoms with Gasteiger partial charge in [-0.1, -0.05) is 41.9 Å². The summed E-state index contributed by atoms with van der Waals surface area (Å²) in [6.45, 7) is 1.37. The molecule has 0 fully saturated rings. The van der Waals surface area contributed by atoms with Gasteiger partial charge in [-0.05, 0) is 36.8 Å². The zero-order chi connectivity index (χ0) is 20.9. The van der Waals surface area contributed by atoms with Crippen LogP contribution in [0.1, 0.15) is 24.3 Å². The lowest BCUT2D eigenvalue weighted by atomic mass is 10.1. The number of nitrogens with zero attached hydrogens (tertiary/aromatic N) is 2. The largest absolute Gasteiger partial charge is 0.468 e. The minimum atomic E-state index is -4.00. The van der Waals surface area contributed by atoms with E-state index in [0.717, 1.165) is 16.1 Å². The molecule has 2 heterocycles. The van der Waals surface area contributed by atoms with Gasteiger partial charge in [0.2, 0.25) is 15.9 Å². The minimum absolute atomic E-state index is 0.0580. The number of hydrogen-bond acceptors (Lipinski definition) is 5. The second-order valence-corrected chi connectivity index (χ2v) is 8.69. The monoisotopic (exact) mass is 433 g/mol. The van der Waals surface area contributed by atoms with Crippen LogP contribution in [0, 0.1) is 0 Å². The maximum atomic E-state index is 13.1. The molecule has 152 valence electrons. The van der Waals surface area contributed by atoms with Gasteiger partial charge < -0.3 is 9.73 Å². The van der Waals surface area contributed by atoms with E-state index >= 15 is 0 Å². The molecule has 0 saturated heterocycles. The van der Waals surface area contributed by atoms with E-state index in [0.29, 0.717) is 5.76 Å². The predicted octanol–water partition coefficient (Wildman–Crippen LogP) is 3.40. The number of sulfonamides is 1. The van der Waals surface area contributed by atoms with Crippen LogP contribution in [-0.2, 0) is 21.4 Å². The third kappa shape index (κ3) is 5.44. The Morgan fingerprint density at radius 2 is 1.93 bits per heavy atom. The molecule has 0 aliphatic carbocycles. The molecule has 2 aromatic heterocycles. The summed E-state index contributed by atoms with van der Waals surface area (Å²) in [5.41, 5.74) is 0.920. The second-order valence-electron chi connectivity index (χ2n) is 6.37. The summed E-state index contributed by atoms with van der Waals surface area (Å²) in [5, 5.41) is 3.00. The number of amides is 1. The Morgan fingerprint density at radius 1 is 1.17 bits per heavy atom. The average Bonchev–Trinajstić information content (AvgIpc) is 3.21. The van der Waals surface area contributed by atoms with Crippen molar-refractivity contribution in [2.24, 2.45) is 0 Å². The average molecular weight is 434 g/mol. The molecule has 1 atom stereocenters. The van der Waals surface area contributed by atoms with Crippen LogP contribution in [0.5, 0.6) is 0 Å². The highest BCUT2D eigenvalue weighted by Gasteiger charge is 2.28. The van der Waals surface area contributed by atoms with E-state index in [9.17, 15) is 13.2 Å². The quantitative estimate of drug-likeness (QED) is 0.549. The first-order valence-electron chi connectivity index (χ1n) is 8.84. The van der Waals surface area contributed by atoms with E-state index in [1.54, 1.807) is 12.1 Å². The molecule has 1 aromatic carbocycles. The number of halogens is 1. The number of carbonyl (C=O) groups is 1. The van der Waals surface area contributed by atoms with E-state index in [1.165, 1.54) is 18.4 Å². The Bertz CT molecular complexity index is 1040. The molecule has 1 N–H and O–H groups in total. The van der Waals surface area contributed by atoms with Crippen molar-refractivity contribution in [3.05, 3.63) is 83.5 Å². The summed E-state index contributed by atoms with van der Waals surface area (Å²) in [6, 6.07) is 15.2. The summed E-state index contributed by atoms with van der Waals surface area (Å²) < 4.78 is 32.5. The molecule has 1 amide bonds. The Balaban J connectivity index is 1.80. The van der Waals surface area contributed by atoms with Crippen LogP contribution in [0.4, 0.5) is 0 Å². The summed E-state index contributed by atoms with van der Waals surface area (Å²) in [4.78, 5) is 16.4. The van der Waals surface area contributed by atoms with E-state index in [1.807, 2.05) is 37.3 Å². The van der Waals surface area contributed by atoms with E-state index in [4.69, 9.17) is 16.0 Å². The normalized spacial score (nSPS) is 12.7. The fourth-order valence-corrected chi connectivity index (χ4v) is 4.16. The molecule has 7 nitrogen and oxygen atoms in total. The highest BCUT2D eigenvalue weighted by Crippen LogP contribution is 2.19. The molecule has 29 heavy (non-hydrogen) atoms. The number of pyridine rings is 1. The lowest BCUT2D eigenvalue weighted by Crippen LogP contribution is -2.41. The van der Waals surface area contributed by atoms with Crippen molar-refractivity contribution in [1.29, 1.82) is 0 Å². The molecule has 0 aliphatic rings. The maximum absolute atomic E-state index is 13.1. The number of furan rings is 1. The predicted molar refractivity (Wildman–Crippen MR) is 109 cm³/mol. The summed E-state index contributed by atoms with van der Waals surface area (Å²) in [7, 11) is -4.00. The third-order valence-corrected chi connectivity index (χ3v) is 6.25. The lowest BCUT2D eigenvalue weighted by molar-refractivity contribution is -0.122. The van der Waals surface area contributed by atoms with Crippen LogP contribution in [0.2, 0.25) is 5.15 Å². The van der Waals surface area contributed by atoms with Crippen LogP contribution in [-0.4, -0.2) is 30.2 Å². The van der Waals surface area contributed by atoms with Gasteiger partial charge in [-0.3, -0.25) is 4.79 Å². The number of rotatable bonds is 8. The maximum Gasteiger partial charge on any atom is 0.245 e. The number of hydrogen-bond donors (Lipinski definition) is 1. The first-order valence-corrected chi connectivity index (χ1v) is 10.7. The molecule has 0 spiro atoms. The summed E-state index contributed by atoms with van der Waals surface area (Å²) >= 11 is 5.76. The van der Waals surface area contributed by atoms with Gasteiger partial charge in [-0.15, -0.1) is 0 Å². The molecule has 1 unspecified atom stereocenters. The smallest absolute Gasteiger partial charge is 0.245 e. The van der Waals surface area contributed by atoms with Gasteiger partial charge in [-0.2, -0.15) is 4.31 Å². The topological polar surface area (TPSA) is 92.5 Å². The van der Waals surface area contributed by atoms with Crippen LogP contribution in [0.15, 0.2) is 76.4 Å². The first-order chi connectivity index (χ1) is 13.9. The van der Waals surface area contributed by atoms with Crippen molar-refractivity contribution in [2.75, 3.05) is 6.54 Å². The van der Waals surface area contributed by atoms with Gasteiger partial charge in [0.25, 0.3) is 0 Å². The molecule has 3 rings (SSSR count). The van der Waals surface area contributed by atoms with Gasteiger partial charge in [0.05, 0.1) is 25.4 Å². The zero-order valence-corrected chi connectivity index (χ0v) is 17.2. The summed E-state index contributed by atoms with van der Waals surface area (Å²) in [6.07, 6.45) is 2.61. The number of benzene rings is 1. The molecular weight excluding hydrogens is 414 g/mol. The molecule has 0 aliphatic heterocycles. The molecule has 0 radical (unpaired) electrons. The Morgan fingerprint density at radius 3 is 2.55 bits per heavy atom. The van der Waals surface area contributed by atoms with Crippen molar-refractivity contribution in [3.63, 3.8) is 0 Å². The Kier molecular flexibility index (Phi) is 6.68. The fourth-order valence-electron chi connectivity index (χ4n) is 2.74. The van der Waals surface area contributed by atoms with E-state index < -0.39 is 15.9 Å². The zero-order valence-electron chi connectivity index (χ0n) is 15.7. The van der Waals surface area contributed by atoms with Crippen LogP contribution < -0.4 is 5.32 Å². The number of aromatic nitrogens is 1. The SMILES string of the molecule is CC(NC(=O)CN(Cc1ccco1)S(=O)(=O)c1ccc(Cl)nc1)c1ccccc1. The molecule has 0 bridgehead atoms. The Hall–Kier alpha value is -2.68. The van der Waals surface area contributed by atoms with Crippen molar-refractivity contribution in [1.82, 2.24) is 14.6 Å². The fraction of sp³-hybridized carbons (Fsp3) is 0.200. The van der Waals surface area contributed by atoms with Crippen molar-refractivity contribution in [3.8, 4) is 0 Å². The van der Waals surface area contributed by atoms with Gasteiger partial charge in [0.1, 0.15) is 15.8 Å². The first kappa shape index (κ1) is 21.0. The standard InChI is InChI=1S/C20H20ClN3O4S/c1-15(16-6-3-2-4-7-16)23-20(25)14-24(13-17-8-5-11-28-17)29(26,27)18-9-10-19(21)22-12-18/h2-12,15H,13-14H2,1H3,(H,23,25). The highest BCUT2D eigenvalue weighted by atomic mass is 35.5. The van der Waals surface area contributed by atoms with Crippen molar-refractivity contribution in [2.45, 2.75) is 24.4 Å². The van der Waals surface area contributed by atoms with Crippen molar-refractivity contribution < 1.29 is 17.6 Å². The number of carbonyl (C=O) groups excluding carboxylic acids is 1. The summed E-state index contributed by atoms with van der Waals surface area (Å²) in [5.74, 6) is -0.0159. The van der Waals surface area contributed by atoms with Gasteiger partial charge in [0.15, 0.2) is 0 Å². The number of nitrogens with one attached hydrogen (secondary N) is 1. The lowest BCUT2D eigenvalue weighted by Gasteiger charge is -2.22. The van der Waals surface area contributed by atoms with Crippen LogP contribution >= 0.6 is 11.6 Å². The van der Waals surface area contributed by atoms with Gasteiger partial charge >= 0.3 is 0 Å². The van der Waals surface area contributed by atoms with Crippen molar-refractivity contribution >= 4 is 27.5 Å². The Labute approximate surface area is 174 Å². The highest BCUT2D eigenvalue weighted by molar-refractivity contribution is 7.89. The van der Waals surface area contributed by atoms with E-state index in [2.05, 4.69) is 10.3 Å². The van der Waals surface area contributed by atoms with Gasteiger partial charge in [0, 0.05) is 6.20 Å². The van der Waals surface area contributed by atoms with Crippen LogP contribution in [0.25, 0.3) is 0 Å². The molecule has 9 heteroatoms. The van der Waals surface area contributed by atoms with Gasteiger partial charge in [-0.25, -0.2) is 13.4 Å². The molecular formula is C20H20ClN3O4S. The molecule has 0 saturated carbocycles. The molecule has 3 aromatic rings. The second kappa shape index (κ2) is 9.21. The van der Waals surface area contributed by atoms with Crippen LogP contribution in [0.3, 0.4) is 0 Å². The van der Waals surface area contributed by atoms with E-state index in [-0.39, 0.29) is 29.2 Å².